The molecule has 0 amide bonds. The summed E-state index contributed by atoms with van der Waals surface area (Å²) < 4.78 is 11.5. The molecular weight excluding hydrogens is 306 g/mol. The van der Waals surface area contributed by atoms with Crippen molar-refractivity contribution in [3.8, 4) is 16.9 Å². The number of anilines is 1. The van der Waals surface area contributed by atoms with E-state index in [1.807, 2.05) is 31.3 Å². The predicted octanol–water partition coefficient (Wildman–Crippen LogP) is 4.08. The summed E-state index contributed by atoms with van der Waals surface area (Å²) in [6.45, 7) is 9.87. The van der Waals surface area contributed by atoms with E-state index in [1.165, 1.54) is 0 Å². The van der Waals surface area contributed by atoms with Gasteiger partial charge in [0.25, 0.3) is 0 Å². The van der Waals surface area contributed by atoms with Crippen molar-refractivity contribution in [3.63, 3.8) is 0 Å². The van der Waals surface area contributed by atoms with Crippen LogP contribution in [0.15, 0.2) is 24.4 Å². The van der Waals surface area contributed by atoms with Gasteiger partial charge in [0.1, 0.15) is 5.75 Å². The average molecular weight is 334 g/mol. The lowest BCUT2D eigenvalue weighted by Crippen LogP contribution is -2.22. The highest BCUT2D eigenvalue weighted by Crippen LogP contribution is 2.35. The van der Waals surface area contributed by atoms with Crippen LogP contribution in [0.2, 0.25) is 25.7 Å². The van der Waals surface area contributed by atoms with Crippen LogP contribution in [0.3, 0.4) is 0 Å². The van der Waals surface area contributed by atoms with E-state index in [-0.39, 0.29) is 6.10 Å². The van der Waals surface area contributed by atoms with Gasteiger partial charge in [-0.3, -0.25) is 5.10 Å². The maximum absolute atomic E-state index is 6.02. The van der Waals surface area contributed by atoms with Crippen LogP contribution >= 0.6 is 0 Å². The molecule has 1 unspecified atom stereocenters. The summed E-state index contributed by atoms with van der Waals surface area (Å²) in [4.78, 5) is 0. The second kappa shape index (κ2) is 7.19. The standard InChI is InChI=1S/C17H27N3O2Si/c1-12(22-8-9-23(3,4)5)17-15(11-19-20-17)14-7-6-13(18)10-16(14)21-2/h6-7,10-12H,8-9,18H2,1-5H3,(H,19,20). The number of aromatic nitrogens is 2. The molecule has 0 aliphatic heterocycles. The number of rotatable bonds is 7. The third-order valence-electron chi connectivity index (χ3n) is 3.81. The number of nitrogen functional groups attached to an aromatic ring is 1. The Morgan fingerprint density at radius 3 is 2.65 bits per heavy atom. The number of methoxy groups -OCH3 is 1. The van der Waals surface area contributed by atoms with Gasteiger partial charge in [0.05, 0.1) is 25.1 Å². The van der Waals surface area contributed by atoms with Crippen LogP contribution < -0.4 is 10.5 Å². The summed E-state index contributed by atoms with van der Waals surface area (Å²) in [6, 6.07) is 6.79. The Hall–Kier alpha value is -1.79. The minimum Gasteiger partial charge on any atom is -0.496 e. The smallest absolute Gasteiger partial charge is 0.128 e. The predicted molar refractivity (Wildman–Crippen MR) is 97.5 cm³/mol. The molecule has 0 aliphatic rings. The van der Waals surface area contributed by atoms with Crippen molar-refractivity contribution < 1.29 is 9.47 Å². The van der Waals surface area contributed by atoms with E-state index in [2.05, 4.69) is 29.8 Å². The third kappa shape index (κ3) is 4.59. The van der Waals surface area contributed by atoms with E-state index in [1.54, 1.807) is 7.11 Å². The fourth-order valence-corrected chi connectivity index (χ4v) is 3.11. The van der Waals surface area contributed by atoms with Gasteiger partial charge >= 0.3 is 0 Å². The number of nitrogens with zero attached hydrogens (tertiary/aromatic N) is 1. The number of ether oxygens (including phenoxy) is 2. The Morgan fingerprint density at radius 1 is 1.26 bits per heavy atom. The van der Waals surface area contributed by atoms with Crippen LogP contribution in [0.5, 0.6) is 5.75 Å². The third-order valence-corrected chi connectivity index (χ3v) is 5.52. The summed E-state index contributed by atoms with van der Waals surface area (Å²) in [6.07, 6.45) is 1.76. The minimum absolute atomic E-state index is 0.0499. The first-order valence-corrected chi connectivity index (χ1v) is 11.6. The number of H-pyrrole nitrogens is 1. The lowest BCUT2D eigenvalue weighted by atomic mass is 10.0. The molecule has 6 heteroatoms. The molecule has 1 atom stereocenters. The van der Waals surface area contributed by atoms with Gasteiger partial charge in [0, 0.05) is 37.6 Å². The number of nitrogens with one attached hydrogen (secondary N) is 1. The van der Waals surface area contributed by atoms with Crippen molar-refractivity contribution in [2.24, 2.45) is 0 Å². The summed E-state index contributed by atoms with van der Waals surface area (Å²) in [5.41, 5.74) is 9.43. The molecule has 0 radical (unpaired) electrons. The summed E-state index contributed by atoms with van der Waals surface area (Å²) in [5.74, 6) is 0.738. The van der Waals surface area contributed by atoms with E-state index in [9.17, 15) is 0 Å². The van der Waals surface area contributed by atoms with E-state index < -0.39 is 8.07 Å². The van der Waals surface area contributed by atoms with Crippen LogP contribution in [-0.4, -0.2) is 32.0 Å². The van der Waals surface area contributed by atoms with Gasteiger partial charge in [-0.2, -0.15) is 5.10 Å². The molecule has 0 spiro atoms. The first-order valence-electron chi connectivity index (χ1n) is 7.90. The summed E-state index contributed by atoms with van der Waals surface area (Å²) in [5, 5.41) is 7.26. The van der Waals surface area contributed by atoms with Crippen molar-refractivity contribution in [1.82, 2.24) is 10.2 Å². The van der Waals surface area contributed by atoms with Crippen molar-refractivity contribution in [2.45, 2.75) is 38.7 Å². The maximum atomic E-state index is 6.02. The van der Waals surface area contributed by atoms with Crippen LogP contribution in [0.25, 0.3) is 11.1 Å². The molecule has 3 N–H and O–H groups in total. The zero-order valence-electron chi connectivity index (χ0n) is 14.6. The molecule has 5 nitrogen and oxygen atoms in total. The van der Waals surface area contributed by atoms with E-state index >= 15 is 0 Å². The molecule has 0 aliphatic carbocycles. The zero-order valence-corrected chi connectivity index (χ0v) is 15.6. The highest BCUT2D eigenvalue weighted by molar-refractivity contribution is 6.76. The molecule has 1 heterocycles. The highest BCUT2D eigenvalue weighted by Gasteiger charge is 2.19. The maximum Gasteiger partial charge on any atom is 0.128 e. The Morgan fingerprint density at radius 2 is 2.00 bits per heavy atom. The fourth-order valence-electron chi connectivity index (χ4n) is 2.38. The van der Waals surface area contributed by atoms with E-state index in [0.29, 0.717) is 5.69 Å². The SMILES string of the molecule is COc1cc(N)ccc1-c1cn[nH]c1C(C)OCC[Si](C)(C)C. The monoisotopic (exact) mass is 333 g/mol. The minimum atomic E-state index is -1.09. The Balaban J connectivity index is 2.19. The van der Waals surface area contributed by atoms with Crippen molar-refractivity contribution in [2.75, 3.05) is 19.5 Å². The second-order valence-corrected chi connectivity index (χ2v) is 12.6. The normalized spacial score (nSPS) is 13.1. The van der Waals surface area contributed by atoms with Gasteiger partial charge in [-0.05, 0) is 25.1 Å². The molecular formula is C17H27N3O2Si. The number of hydrogen-bond donors (Lipinski definition) is 2. The first-order chi connectivity index (χ1) is 10.8. The highest BCUT2D eigenvalue weighted by atomic mass is 28.3. The molecule has 2 rings (SSSR count). The molecule has 0 saturated heterocycles. The van der Waals surface area contributed by atoms with Gasteiger partial charge < -0.3 is 15.2 Å². The largest absolute Gasteiger partial charge is 0.496 e. The van der Waals surface area contributed by atoms with Gasteiger partial charge in [-0.15, -0.1) is 0 Å². The van der Waals surface area contributed by atoms with Gasteiger partial charge in [0.15, 0.2) is 0 Å². The number of nitrogens with two attached hydrogens (primary N) is 1. The Bertz CT molecular complexity index is 650. The average Bonchev–Trinajstić information content (AvgIpc) is 2.94. The fraction of sp³-hybridized carbons (Fsp3) is 0.471. The van der Waals surface area contributed by atoms with E-state index in [4.69, 9.17) is 15.2 Å². The second-order valence-electron chi connectivity index (χ2n) is 6.98. The summed E-state index contributed by atoms with van der Waals surface area (Å²) in [7, 11) is 0.553. The molecule has 0 saturated carbocycles. The number of aromatic amines is 1. The Kier molecular flexibility index (Phi) is 5.49. The molecule has 1 aromatic heterocycles. The van der Waals surface area contributed by atoms with Crippen molar-refractivity contribution >= 4 is 13.8 Å². The molecule has 0 fully saturated rings. The number of hydrogen-bond acceptors (Lipinski definition) is 4. The zero-order chi connectivity index (χ0) is 17.0. The number of benzene rings is 1. The van der Waals surface area contributed by atoms with Crippen LogP contribution in [0.4, 0.5) is 5.69 Å². The first kappa shape index (κ1) is 17.6. The topological polar surface area (TPSA) is 73.2 Å². The molecule has 23 heavy (non-hydrogen) atoms. The Labute approximate surface area is 139 Å². The molecule has 126 valence electrons. The van der Waals surface area contributed by atoms with Crippen LogP contribution in [0, 0.1) is 0 Å². The summed E-state index contributed by atoms with van der Waals surface area (Å²) >= 11 is 0. The lowest BCUT2D eigenvalue weighted by Gasteiger charge is -2.19. The van der Waals surface area contributed by atoms with Gasteiger partial charge in [-0.25, -0.2) is 0 Å². The molecule has 2 aromatic rings. The lowest BCUT2D eigenvalue weighted by molar-refractivity contribution is 0.0731. The van der Waals surface area contributed by atoms with E-state index in [0.717, 1.165) is 35.2 Å². The molecule has 0 bridgehead atoms. The quantitative estimate of drug-likeness (QED) is 0.591. The van der Waals surface area contributed by atoms with Gasteiger partial charge in [0.2, 0.25) is 0 Å². The van der Waals surface area contributed by atoms with Crippen LogP contribution in [0.1, 0.15) is 18.7 Å². The van der Waals surface area contributed by atoms with Crippen molar-refractivity contribution in [3.05, 3.63) is 30.1 Å². The molecule has 1 aromatic carbocycles. The van der Waals surface area contributed by atoms with Crippen LogP contribution in [-0.2, 0) is 4.74 Å². The van der Waals surface area contributed by atoms with Gasteiger partial charge in [-0.1, -0.05) is 19.6 Å². The van der Waals surface area contributed by atoms with Crippen molar-refractivity contribution in [1.29, 1.82) is 0 Å².